The largest absolute Gasteiger partial charge is 0.296 e. The van der Waals surface area contributed by atoms with Crippen LogP contribution in [0.4, 0.5) is 9.52 Å². The Balaban J connectivity index is 1.38. The molecular formula is C21H18FN5OS2. The Morgan fingerprint density at radius 1 is 1.13 bits per heavy atom. The molecule has 0 atom stereocenters. The van der Waals surface area contributed by atoms with Gasteiger partial charge in [0.1, 0.15) is 5.82 Å². The van der Waals surface area contributed by atoms with E-state index in [-0.39, 0.29) is 11.7 Å². The second-order valence-electron chi connectivity index (χ2n) is 6.59. The SMILES string of the molecule is Cc1cc(C)n(-c2ccc(C(=O)Nc3nnc(SCc4ccccc4F)s3)cc2)n1. The Kier molecular flexibility index (Phi) is 5.91. The molecule has 152 valence electrons. The van der Waals surface area contributed by atoms with E-state index in [2.05, 4.69) is 20.6 Å². The number of hydrogen-bond acceptors (Lipinski definition) is 6. The number of amides is 1. The second-order valence-corrected chi connectivity index (χ2v) is 8.79. The van der Waals surface area contributed by atoms with Crippen LogP contribution < -0.4 is 5.32 Å². The van der Waals surface area contributed by atoms with E-state index in [1.807, 2.05) is 36.7 Å². The molecule has 0 aliphatic carbocycles. The van der Waals surface area contributed by atoms with E-state index in [4.69, 9.17) is 0 Å². The van der Waals surface area contributed by atoms with E-state index in [1.165, 1.54) is 29.2 Å². The smallest absolute Gasteiger partial charge is 0.257 e. The molecule has 4 rings (SSSR count). The fourth-order valence-corrected chi connectivity index (χ4v) is 4.62. The minimum absolute atomic E-state index is 0.244. The Labute approximate surface area is 181 Å². The maximum atomic E-state index is 13.7. The first-order chi connectivity index (χ1) is 14.5. The summed E-state index contributed by atoms with van der Waals surface area (Å²) in [6, 6.07) is 15.8. The number of rotatable bonds is 6. The van der Waals surface area contributed by atoms with Crippen LogP contribution >= 0.6 is 23.1 Å². The topological polar surface area (TPSA) is 72.7 Å². The Hall–Kier alpha value is -3.04. The third-order valence-electron chi connectivity index (χ3n) is 4.32. The summed E-state index contributed by atoms with van der Waals surface area (Å²) in [4.78, 5) is 12.5. The summed E-state index contributed by atoms with van der Waals surface area (Å²) >= 11 is 2.64. The van der Waals surface area contributed by atoms with Gasteiger partial charge in [-0.15, -0.1) is 10.2 Å². The molecule has 6 nitrogen and oxygen atoms in total. The number of hydrogen-bond donors (Lipinski definition) is 1. The number of anilines is 1. The molecule has 1 N–H and O–H groups in total. The molecule has 0 spiro atoms. The van der Waals surface area contributed by atoms with Crippen LogP contribution in [0.1, 0.15) is 27.3 Å². The van der Waals surface area contributed by atoms with Crippen molar-refractivity contribution in [3.05, 3.63) is 82.9 Å². The molecule has 2 aromatic heterocycles. The molecule has 30 heavy (non-hydrogen) atoms. The Morgan fingerprint density at radius 3 is 2.60 bits per heavy atom. The van der Waals surface area contributed by atoms with Crippen molar-refractivity contribution in [1.82, 2.24) is 20.0 Å². The molecule has 0 aliphatic rings. The molecular weight excluding hydrogens is 421 g/mol. The number of aromatic nitrogens is 4. The highest BCUT2D eigenvalue weighted by Gasteiger charge is 2.12. The van der Waals surface area contributed by atoms with Crippen molar-refractivity contribution < 1.29 is 9.18 Å². The zero-order valence-electron chi connectivity index (χ0n) is 16.3. The molecule has 0 saturated heterocycles. The molecule has 0 fully saturated rings. The number of halogens is 1. The quantitative estimate of drug-likeness (QED) is 0.337. The summed E-state index contributed by atoms with van der Waals surface area (Å²) in [6.07, 6.45) is 0. The van der Waals surface area contributed by atoms with Gasteiger partial charge in [-0.1, -0.05) is 41.3 Å². The van der Waals surface area contributed by atoms with Gasteiger partial charge < -0.3 is 0 Å². The second kappa shape index (κ2) is 8.76. The average Bonchev–Trinajstić information content (AvgIpc) is 3.32. The molecule has 2 heterocycles. The van der Waals surface area contributed by atoms with Gasteiger partial charge in [-0.05, 0) is 55.8 Å². The van der Waals surface area contributed by atoms with Crippen LogP contribution in [-0.4, -0.2) is 25.9 Å². The van der Waals surface area contributed by atoms with Crippen LogP contribution in [0, 0.1) is 19.7 Å². The number of carbonyl (C=O) groups is 1. The summed E-state index contributed by atoms with van der Waals surface area (Å²) < 4.78 is 16.2. The average molecular weight is 440 g/mol. The number of nitrogens with one attached hydrogen (secondary N) is 1. The van der Waals surface area contributed by atoms with E-state index < -0.39 is 0 Å². The van der Waals surface area contributed by atoms with E-state index >= 15 is 0 Å². The first-order valence-electron chi connectivity index (χ1n) is 9.14. The van der Waals surface area contributed by atoms with Gasteiger partial charge in [0.25, 0.3) is 5.91 Å². The third kappa shape index (κ3) is 4.58. The fourth-order valence-electron chi connectivity index (χ4n) is 2.89. The first kappa shape index (κ1) is 20.2. The zero-order chi connectivity index (χ0) is 21.1. The fraction of sp³-hybridized carbons (Fsp3) is 0.143. The van der Waals surface area contributed by atoms with Crippen LogP contribution in [0.2, 0.25) is 0 Å². The van der Waals surface area contributed by atoms with E-state index in [0.29, 0.717) is 26.4 Å². The highest BCUT2D eigenvalue weighted by molar-refractivity contribution is 8.00. The molecule has 0 aliphatic heterocycles. The molecule has 2 aromatic carbocycles. The standard InChI is InChI=1S/C21H18FN5OS2/c1-13-11-14(2)27(26-13)17-9-7-15(8-10-17)19(28)23-20-24-25-21(30-20)29-12-16-5-3-4-6-18(16)22/h3-11H,12H2,1-2H3,(H,23,24,28). The van der Waals surface area contributed by atoms with E-state index in [0.717, 1.165) is 17.1 Å². The predicted octanol–water partition coefficient (Wildman–Crippen LogP) is 5.02. The Bertz CT molecular complexity index is 1190. The van der Waals surface area contributed by atoms with Crippen LogP contribution in [0.3, 0.4) is 0 Å². The molecule has 4 aromatic rings. The van der Waals surface area contributed by atoms with Gasteiger partial charge in [0.15, 0.2) is 4.34 Å². The lowest BCUT2D eigenvalue weighted by molar-refractivity contribution is 0.102. The zero-order valence-corrected chi connectivity index (χ0v) is 17.9. The van der Waals surface area contributed by atoms with Gasteiger partial charge in [0.05, 0.1) is 11.4 Å². The lowest BCUT2D eigenvalue weighted by Gasteiger charge is -2.06. The molecule has 0 unspecified atom stereocenters. The van der Waals surface area contributed by atoms with Gasteiger partial charge in [-0.25, -0.2) is 9.07 Å². The molecule has 0 radical (unpaired) electrons. The molecule has 0 bridgehead atoms. The summed E-state index contributed by atoms with van der Waals surface area (Å²) in [5.41, 5.74) is 3.97. The number of benzene rings is 2. The maximum absolute atomic E-state index is 13.7. The molecule has 1 amide bonds. The van der Waals surface area contributed by atoms with Crippen molar-refractivity contribution in [2.45, 2.75) is 23.9 Å². The predicted molar refractivity (Wildman–Crippen MR) is 117 cm³/mol. The van der Waals surface area contributed by atoms with Crippen molar-refractivity contribution in [3.8, 4) is 5.69 Å². The maximum Gasteiger partial charge on any atom is 0.257 e. The van der Waals surface area contributed by atoms with Gasteiger partial charge in [-0.3, -0.25) is 10.1 Å². The highest BCUT2D eigenvalue weighted by Crippen LogP contribution is 2.29. The lowest BCUT2D eigenvalue weighted by Crippen LogP contribution is -2.12. The third-order valence-corrected chi connectivity index (χ3v) is 6.34. The summed E-state index contributed by atoms with van der Waals surface area (Å²) in [7, 11) is 0. The van der Waals surface area contributed by atoms with Crippen LogP contribution in [-0.2, 0) is 5.75 Å². The molecule has 9 heteroatoms. The molecule has 0 saturated carbocycles. The first-order valence-corrected chi connectivity index (χ1v) is 10.9. The van der Waals surface area contributed by atoms with Crippen molar-refractivity contribution in [2.75, 3.05) is 5.32 Å². The van der Waals surface area contributed by atoms with Gasteiger partial charge >= 0.3 is 0 Å². The normalized spacial score (nSPS) is 10.9. The van der Waals surface area contributed by atoms with Crippen molar-refractivity contribution in [1.29, 1.82) is 0 Å². The number of carbonyl (C=O) groups excluding carboxylic acids is 1. The lowest BCUT2D eigenvalue weighted by atomic mass is 10.2. The number of nitrogens with zero attached hydrogens (tertiary/aromatic N) is 4. The number of aryl methyl sites for hydroxylation is 2. The highest BCUT2D eigenvalue weighted by atomic mass is 32.2. The summed E-state index contributed by atoms with van der Waals surface area (Å²) in [5.74, 6) is -0.0630. The monoisotopic (exact) mass is 439 g/mol. The van der Waals surface area contributed by atoms with Crippen LogP contribution in [0.25, 0.3) is 5.69 Å². The Morgan fingerprint density at radius 2 is 1.90 bits per heavy atom. The minimum Gasteiger partial charge on any atom is -0.296 e. The van der Waals surface area contributed by atoms with Gasteiger partial charge in [0.2, 0.25) is 5.13 Å². The van der Waals surface area contributed by atoms with Crippen molar-refractivity contribution >= 4 is 34.1 Å². The summed E-state index contributed by atoms with van der Waals surface area (Å²) in [6.45, 7) is 3.92. The van der Waals surface area contributed by atoms with Crippen LogP contribution in [0.5, 0.6) is 0 Å². The number of thioether (sulfide) groups is 1. The van der Waals surface area contributed by atoms with Crippen LogP contribution in [0.15, 0.2) is 58.9 Å². The summed E-state index contributed by atoms with van der Waals surface area (Å²) in [5, 5.41) is 15.7. The van der Waals surface area contributed by atoms with Gasteiger partial charge in [-0.2, -0.15) is 5.10 Å². The van der Waals surface area contributed by atoms with E-state index in [9.17, 15) is 9.18 Å². The van der Waals surface area contributed by atoms with Gasteiger partial charge in [0, 0.05) is 17.0 Å². The minimum atomic E-state index is -0.267. The van der Waals surface area contributed by atoms with Crippen molar-refractivity contribution in [2.24, 2.45) is 0 Å². The van der Waals surface area contributed by atoms with E-state index in [1.54, 1.807) is 30.3 Å². The van der Waals surface area contributed by atoms with Crippen molar-refractivity contribution in [3.63, 3.8) is 0 Å².